The predicted octanol–water partition coefficient (Wildman–Crippen LogP) is 2.25. The van der Waals surface area contributed by atoms with Crippen LogP contribution in [-0.2, 0) is 19.6 Å². The second-order valence-corrected chi connectivity index (χ2v) is 9.26. The molecule has 2 aliphatic carbocycles. The third-order valence-corrected chi connectivity index (χ3v) is 7.88. The van der Waals surface area contributed by atoms with Crippen molar-refractivity contribution in [2.24, 2.45) is 11.3 Å². The quantitative estimate of drug-likeness (QED) is 0.812. The molecule has 0 unspecified atom stereocenters. The van der Waals surface area contributed by atoms with Crippen molar-refractivity contribution in [3.8, 4) is 0 Å². The summed E-state index contributed by atoms with van der Waals surface area (Å²) in [5.41, 5.74) is 0.170. The Morgan fingerprint density at radius 3 is 2.56 bits per heavy atom. The zero-order valence-electron chi connectivity index (χ0n) is 14.1. The number of allylic oxidation sites excluding steroid dienone is 1. The number of rotatable bonds is 2. The van der Waals surface area contributed by atoms with Crippen LogP contribution in [0, 0.1) is 18.3 Å². The lowest BCUT2D eigenvalue weighted by Gasteiger charge is -2.45. The average Bonchev–Trinajstić information content (AvgIpc) is 2.88. The van der Waals surface area contributed by atoms with Crippen molar-refractivity contribution in [2.75, 3.05) is 6.54 Å². The molecule has 3 aliphatic rings. The molecule has 3 atom stereocenters. The summed E-state index contributed by atoms with van der Waals surface area (Å²) in [5, 5.41) is 0. The Morgan fingerprint density at radius 1 is 1.12 bits per heavy atom. The van der Waals surface area contributed by atoms with E-state index in [2.05, 4.69) is 0 Å². The van der Waals surface area contributed by atoms with Crippen molar-refractivity contribution in [3.63, 3.8) is 0 Å². The van der Waals surface area contributed by atoms with Gasteiger partial charge in [-0.1, -0.05) is 30.2 Å². The molecule has 0 amide bonds. The van der Waals surface area contributed by atoms with Gasteiger partial charge in [0.1, 0.15) is 0 Å². The van der Waals surface area contributed by atoms with Crippen LogP contribution in [0.4, 0.5) is 0 Å². The minimum absolute atomic E-state index is 0.0314. The highest BCUT2D eigenvalue weighted by Gasteiger charge is 2.61. The predicted molar refractivity (Wildman–Crippen MR) is 92.4 cm³/mol. The molecule has 132 valence electrons. The number of aryl methyl sites for hydroxylation is 1. The van der Waals surface area contributed by atoms with Gasteiger partial charge in [-0.3, -0.25) is 9.59 Å². The van der Waals surface area contributed by atoms with Gasteiger partial charge in [-0.15, -0.1) is 0 Å². The lowest BCUT2D eigenvalue weighted by molar-refractivity contribution is -0.128. The van der Waals surface area contributed by atoms with Crippen LogP contribution < -0.4 is 0 Å². The fraction of sp³-hybridized carbons (Fsp3) is 0.474. The monoisotopic (exact) mass is 359 g/mol. The minimum Gasteiger partial charge on any atom is -0.297 e. The first-order valence-electron chi connectivity index (χ1n) is 8.69. The molecule has 4 rings (SSSR count). The summed E-state index contributed by atoms with van der Waals surface area (Å²) in [6.45, 7) is 1.80. The summed E-state index contributed by atoms with van der Waals surface area (Å²) in [7, 11) is -3.73. The fourth-order valence-corrected chi connectivity index (χ4v) is 6.40. The molecular formula is C19H21NO4S. The Hall–Kier alpha value is -1.79. The van der Waals surface area contributed by atoms with E-state index in [0.29, 0.717) is 12.8 Å². The van der Waals surface area contributed by atoms with Gasteiger partial charge >= 0.3 is 0 Å². The van der Waals surface area contributed by atoms with E-state index in [0.717, 1.165) is 18.4 Å². The summed E-state index contributed by atoms with van der Waals surface area (Å²) in [5.74, 6) is -0.111. The Bertz CT molecular complexity index is 871. The van der Waals surface area contributed by atoms with Gasteiger partial charge in [0, 0.05) is 12.5 Å². The lowest BCUT2D eigenvalue weighted by Crippen LogP contribution is -2.51. The number of benzene rings is 1. The molecule has 6 heteroatoms. The number of nitrogens with zero attached hydrogens (tertiary/aromatic N) is 1. The van der Waals surface area contributed by atoms with Crippen molar-refractivity contribution in [1.82, 2.24) is 4.31 Å². The van der Waals surface area contributed by atoms with Gasteiger partial charge in [-0.25, -0.2) is 8.42 Å². The Labute approximate surface area is 147 Å². The van der Waals surface area contributed by atoms with E-state index in [-0.39, 0.29) is 35.0 Å². The molecule has 1 heterocycles. The number of carbonyl (C=O) groups excluding carboxylic acids is 2. The molecule has 1 aromatic rings. The molecule has 5 nitrogen and oxygen atoms in total. The van der Waals surface area contributed by atoms with Crippen LogP contribution in [0.15, 0.2) is 41.3 Å². The third kappa shape index (κ3) is 2.34. The maximum Gasteiger partial charge on any atom is 0.243 e. The van der Waals surface area contributed by atoms with Crippen LogP contribution in [0.5, 0.6) is 0 Å². The molecule has 0 radical (unpaired) electrons. The van der Waals surface area contributed by atoms with Crippen molar-refractivity contribution < 1.29 is 18.0 Å². The molecule has 0 N–H and O–H groups in total. The van der Waals surface area contributed by atoms with E-state index >= 15 is 0 Å². The third-order valence-electron chi connectivity index (χ3n) is 6.01. The number of carbonyl (C=O) groups is 2. The van der Waals surface area contributed by atoms with E-state index in [1.165, 1.54) is 10.4 Å². The van der Waals surface area contributed by atoms with E-state index in [4.69, 9.17) is 0 Å². The van der Waals surface area contributed by atoms with Gasteiger partial charge < -0.3 is 0 Å². The van der Waals surface area contributed by atoms with Gasteiger partial charge in [0.05, 0.1) is 16.9 Å². The van der Waals surface area contributed by atoms with Crippen LogP contribution in [0.2, 0.25) is 0 Å². The molecule has 1 spiro atoms. The van der Waals surface area contributed by atoms with Gasteiger partial charge in [0.15, 0.2) is 11.6 Å². The fourth-order valence-electron chi connectivity index (χ4n) is 4.74. The van der Waals surface area contributed by atoms with Crippen LogP contribution in [0.1, 0.15) is 31.2 Å². The van der Waals surface area contributed by atoms with Gasteiger partial charge in [0.2, 0.25) is 10.0 Å². The van der Waals surface area contributed by atoms with Crippen LogP contribution in [0.25, 0.3) is 0 Å². The molecule has 1 aliphatic heterocycles. The Morgan fingerprint density at radius 2 is 1.84 bits per heavy atom. The number of hydrogen-bond acceptors (Lipinski definition) is 4. The molecule has 25 heavy (non-hydrogen) atoms. The molecule has 0 aromatic heterocycles. The second kappa shape index (κ2) is 5.61. The van der Waals surface area contributed by atoms with Gasteiger partial charge in [0.25, 0.3) is 0 Å². The molecular weight excluding hydrogens is 338 g/mol. The smallest absolute Gasteiger partial charge is 0.243 e. The number of hydrogen-bond donors (Lipinski definition) is 0. The van der Waals surface area contributed by atoms with Crippen molar-refractivity contribution in [3.05, 3.63) is 42.0 Å². The highest BCUT2D eigenvalue weighted by molar-refractivity contribution is 7.89. The number of ketones is 2. The highest BCUT2D eigenvalue weighted by Crippen LogP contribution is 2.53. The maximum atomic E-state index is 13.2. The molecule has 1 aromatic carbocycles. The zero-order chi connectivity index (χ0) is 17.8. The van der Waals surface area contributed by atoms with Crippen LogP contribution >= 0.6 is 0 Å². The van der Waals surface area contributed by atoms with Crippen LogP contribution in [-0.4, -0.2) is 36.9 Å². The number of sulfonamides is 1. The van der Waals surface area contributed by atoms with Crippen molar-refractivity contribution in [1.29, 1.82) is 0 Å². The Kier molecular flexibility index (Phi) is 3.74. The summed E-state index contributed by atoms with van der Waals surface area (Å²) < 4.78 is 27.7. The first kappa shape index (κ1) is 16.7. The first-order valence-corrected chi connectivity index (χ1v) is 10.1. The van der Waals surface area contributed by atoms with E-state index < -0.39 is 15.4 Å². The SMILES string of the molecule is Cc1ccc(S(=O)(=O)N2CC(=O)[C@]34C=CC(=O)C[C@@H]3CCC[C@@H]24)cc1. The molecule has 2 fully saturated rings. The summed E-state index contributed by atoms with van der Waals surface area (Å²) in [4.78, 5) is 25.0. The summed E-state index contributed by atoms with van der Waals surface area (Å²) in [6, 6.07) is 6.35. The molecule has 1 saturated heterocycles. The average molecular weight is 359 g/mol. The van der Waals surface area contributed by atoms with Gasteiger partial charge in [-0.2, -0.15) is 4.31 Å². The van der Waals surface area contributed by atoms with E-state index in [1.54, 1.807) is 30.3 Å². The number of Topliss-reactive ketones (excluding diaryl/α,β-unsaturated/α-hetero) is 1. The topological polar surface area (TPSA) is 71.5 Å². The van der Waals surface area contributed by atoms with E-state index in [9.17, 15) is 18.0 Å². The van der Waals surface area contributed by atoms with Crippen molar-refractivity contribution in [2.45, 2.75) is 43.5 Å². The maximum absolute atomic E-state index is 13.2. The van der Waals surface area contributed by atoms with Gasteiger partial charge in [-0.05, 0) is 43.9 Å². The first-order chi connectivity index (χ1) is 11.9. The summed E-state index contributed by atoms with van der Waals surface area (Å²) >= 11 is 0. The molecule has 0 bridgehead atoms. The standard InChI is InChI=1S/C19H21NO4S/c1-13-5-7-16(8-6-13)25(23,24)20-12-18(22)19-10-9-15(21)11-14(19)3-2-4-17(19)20/h5-10,14,17H,2-4,11-12H2,1H3/t14-,17+,19+/m0/s1. The Balaban J connectivity index is 1.78. The van der Waals surface area contributed by atoms with E-state index in [1.807, 2.05) is 6.92 Å². The highest BCUT2D eigenvalue weighted by atomic mass is 32.2. The summed E-state index contributed by atoms with van der Waals surface area (Å²) in [6.07, 6.45) is 5.83. The minimum atomic E-state index is -3.73. The lowest BCUT2D eigenvalue weighted by atomic mass is 9.59. The second-order valence-electron chi connectivity index (χ2n) is 7.37. The molecule has 1 saturated carbocycles. The zero-order valence-corrected chi connectivity index (χ0v) is 15.0. The van der Waals surface area contributed by atoms with Crippen LogP contribution in [0.3, 0.4) is 0 Å². The normalized spacial score (nSPS) is 32.5. The largest absolute Gasteiger partial charge is 0.297 e. The van der Waals surface area contributed by atoms with Crippen molar-refractivity contribution >= 4 is 21.6 Å².